The van der Waals surface area contributed by atoms with Gasteiger partial charge in [-0.15, -0.1) is 11.3 Å². The molecule has 1 aliphatic carbocycles. The molecule has 1 aliphatic heterocycles. The van der Waals surface area contributed by atoms with Crippen LogP contribution in [0.3, 0.4) is 0 Å². The summed E-state index contributed by atoms with van der Waals surface area (Å²) in [4.78, 5) is 30.1. The van der Waals surface area contributed by atoms with Crippen LogP contribution in [0.15, 0.2) is 41.8 Å². The molecule has 1 saturated heterocycles. The van der Waals surface area contributed by atoms with Gasteiger partial charge in [-0.25, -0.2) is 0 Å². The lowest BCUT2D eigenvalue weighted by atomic mass is 10.2. The number of benzene rings is 1. The largest absolute Gasteiger partial charge is 0.484 e. The van der Waals surface area contributed by atoms with E-state index in [2.05, 4.69) is 11.4 Å². The lowest BCUT2D eigenvalue weighted by molar-refractivity contribution is -0.141. The SMILES string of the molecule is Cc1cccc(OCC(=O)N2CCN(C(=O)C3CC3c3cccs3)CC2)c1. The van der Waals surface area contributed by atoms with Crippen molar-refractivity contribution >= 4 is 23.2 Å². The third kappa shape index (κ3) is 4.16. The van der Waals surface area contributed by atoms with Gasteiger partial charge in [-0.1, -0.05) is 18.2 Å². The van der Waals surface area contributed by atoms with Gasteiger partial charge in [-0.05, 0) is 42.5 Å². The first-order chi connectivity index (χ1) is 13.1. The molecule has 142 valence electrons. The summed E-state index contributed by atoms with van der Waals surface area (Å²) in [5.41, 5.74) is 1.10. The van der Waals surface area contributed by atoms with E-state index in [0.29, 0.717) is 37.8 Å². The first kappa shape index (κ1) is 18.0. The molecule has 1 aromatic carbocycles. The number of hydrogen-bond donors (Lipinski definition) is 0. The van der Waals surface area contributed by atoms with Gasteiger partial charge in [0.15, 0.2) is 6.61 Å². The van der Waals surface area contributed by atoms with Crippen molar-refractivity contribution in [2.75, 3.05) is 32.8 Å². The van der Waals surface area contributed by atoms with Crippen LogP contribution in [-0.4, -0.2) is 54.4 Å². The summed E-state index contributed by atoms with van der Waals surface area (Å²) in [7, 11) is 0. The summed E-state index contributed by atoms with van der Waals surface area (Å²) in [6, 6.07) is 11.9. The van der Waals surface area contributed by atoms with Gasteiger partial charge >= 0.3 is 0 Å². The monoisotopic (exact) mass is 384 g/mol. The van der Waals surface area contributed by atoms with Crippen molar-refractivity contribution in [3.05, 3.63) is 52.2 Å². The molecule has 0 bridgehead atoms. The number of carbonyl (C=O) groups excluding carboxylic acids is 2. The smallest absolute Gasteiger partial charge is 0.260 e. The molecule has 2 aliphatic rings. The number of nitrogens with zero attached hydrogens (tertiary/aromatic N) is 2. The highest BCUT2D eigenvalue weighted by atomic mass is 32.1. The zero-order valence-electron chi connectivity index (χ0n) is 15.5. The Kier molecular flexibility index (Phi) is 5.16. The average molecular weight is 385 g/mol. The second-order valence-corrected chi connectivity index (χ2v) is 8.25. The molecule has 2 fully saturated rings. The number of piperazine rings is 1. The predicted octanol–water partition coefficient (Wildman–Crippen LogP) is 2.91. The zero-order chi connectivity index (χ0) is 18.8. The van der Waals surface area contributed by atoms with E-state index >= 15 is 0 Å². The molecule has 27 heavy (non-hydrogen) atoms. The summed E-state index contributed by atoms with van der Waals surface area (Å²) < 4.78 is 5.61. The quantitative estimate of drug-likeness (QED) is 0.796. The minimum Gasteiger partial charge on any atom is -0.484 e. The van der Waals surface area contributed by atoms with Gasteiger partial charge in [0, 0.05) is 42.9 Å². The third-order valence-electron chi connectivity index (χ3n) is 5.31. The van der Waals surface area contributed by atoms with Crippen LogP contribution >= 0.6 is 11.3 Å². The minimum atomic E-state index is -0.0218. The fourth-order valence-corrected chi connectivity index (χ4v) is 4.54. The topological polar surface area (TPSA) is 49.9 Å². The van der Waals surface area contributed by atoms with E-state index < -0.39 is 0 Å². The van der Waals surface area contributed by atoms with Crippen molar-refractivity contribution in [1.29, 1.82) is 0 Å². The highest BCUT2D eigenvalue weighted by Crippen LogP contribution is 2.50. The average Bonchev–Trinajstić information content (AvgIpc) is 3.30. The molecular weight excluding hydrogens is 360 g/mol. The van der Waals surface area contributed by atoms with E-state index in [1.807, 2.05) is 42.2 Å². The Labute approximate surface area is 163 Å². The summed E-state index contributed by atoms with van der Waals surface area (Å²) in [6.07, 6.45) is 0.961. The second kappa shape index (κ2) is 7.72. The maximum atomic E-state index is 12.7. The van der Waals surface area contributed by atoms with Gasteiger partial charge in [0.05, 0.1) is 0 Å². The summed E-state index contributed by atoms with van der Waals surface area (Å²) in [5, 5.41) is 2.07. The number of aryl methyl sites for hydroxylation is 1. The van der Waals surface area contributed by atoms with Crippen LogP contribution in [0.4, 0.5) is 0 Å². The Morgan fingerprint density at radius 2 is 1.89 bits per heavy atom. The number of ether oxygens (including phenoxy) is 1. The van der Waals surface area contributed by atoms with Crippen molar-refractivity contribution in [3.8, 4) is 5.75 Å². The maximum Gasteiger partial charge on any atom is 0.260 e. The van der Waals surface area contributed by atoms with Gasteiger partial charge in [0.2, 0.25) is 5.91 Å². The molecule has 0 radical (unpaired) electrons. The standard InChI is InChI=1S/C21H24N2O3S/c1-15-4-2-5-16(12-15)26-14-20(24)22-7-9-23(10-8-22)21(25)18-13-17(18)19-6-3-11-27-19/h2-6,11-12,17-18H,7-10,13-14H2,1H3. The van der Waals surface area contributed by atoms with E-state index in [4.69, 9.17) is 4.74 Å². The molecule has 2 heterocycles. The van der Waals surface area contributed by atoms with Crippen molar-refractivity contribution in [1.82, 2.24) is 9.80 Å². The molecule has 0 N–H and O–H groups in total. The highest BCUT2D eigenvalue weighted by molar-refractivity contribution is 7.10. The van der Waals surface area contributed by atoms with Crippen LogP contribution in [0.25, 0.3) is 0 Å². The highest BCUT2D eigenvalue weighted by Gasteiger charge is 2.46. The van der Waals surface area contributed by atoms with E-state index in [1.54, 1.807) is 16.2 Å². The van der Waals surface area contributed by atoms with Crippen LogP contribution in [0.5, 0.6) is 5.75 Å². The lowest BCUT2D eigenvalue weighted by Crippen LogP contribution is -2.52. The summed E-state index contributed by atoms with van der Waals surface area (Å²) in [5.74, 6) is 1.48. The van der Waals surface area contributed by atoms with Crippen LogP contribution in [0.1, 0.15) is 22.8 Å². The van der Waals surface area contributed by atoms with Crippen molar-refractivity contribution in [2.24, 2.45) is 5.92 Å². The normalized spacial score (nSPS) is 21.8. The van der Waals surface area contributed by atoms with E-state index in [-0.39, 0.29) is 24.3 Å². The van der Waals surface area contributed by atoms with Gasteiger partial charge in [-0.3, -0.25) is 9.59 Å². The fraction of sp³-hybridized carbons (Fsp3) is 0.429. The molecule has 4 rings (SSSR count). The van der Waals surface area contributed by atoms with Crippen molar-refractivity contribution in [2.45, 2.75) is 19.3 Å². The van der Waals surface area contributed by atoms with Crippen molar-refractivity contribution in [3.63, 3.8) is 0 Å². The van der Waals surface area contributed by atoms with Crippen LogP contribution in [-0.2, 0) is 9.59 Å². The first-order valence-corrected chi connectivity index (χ1v) is 10.3. The lowest BCUT2D eigenvalue weighted by Gasteiger charge is -2.35. The Morgan fingerprint density at radius 3 is 2.59 bits per heavy atom. The molecule has 5 nitrogen and oxygen atoms in total. The van der Waals surface area contributed by atoms with Gasteiger partial charge in [-0.2, -0.15) is 0 Å². The number of amides is 2. The number of carbonyl (C=O) groups is 2. The van der Waals surface area contributed by atoms with E-state index in [9.17, 15) is 9.59 Å². The summed E-state index contributed by atoms with van der Waals surface area (Å²) >= 11 is 1.73. The maximum absolute atomic E-state index is 12.7. The number of rotatable bonds is 5. The molecule has 2 amide bonds. The molecular formula is C21H24N2O3S. The second-order valence-electron chi connectivity index (χ2n) is 7.28. The molecule has 1 saturated carbocycles. The van der Waals surface area contributed by atoms with Gasteiger partial charge < -0.3 is 14.5 Å². The third-order valence-corrected chi connectivity index (χ3v) is 6.32. The predicted molar refractivity (Wildman–Crippen MR) is 105 cm³/mol. The van der Waals surface area contributed by atoms with Crippen LogP contribution in [0.2, 0.25) is 0 Å². The summed E-state index contributed by atoms with van der Waals surface area (Å²) in [6.45, 7) is 4.43. The first-order valence-electron chi connectivity index (χ1n) is 9.41. The number of thiophene rings is 1. The number of hydrogen-bond acceptors (Lipinski definition) is 4. The zero-order valence-corrected chi connectivity index (χ0v) is 16.3. The molecule has 2 atom stereocenters. The van der Waals surface area contributed by atoms with Crippen LogP contribution in [0, 0.1) is 12.8 Å². The fourth-order valence-electron chi connectivity index (χ4n) is 3.64. The van der Waals surface area contributed by atoms with E-state index in [1.165, 1.54) is 4.88 Å². The molecule has 6 heteroatoms. The van der Waals surface area contributed by atoms with Gasteiger partial charge in [0.1, 0.15) is 5.75 Å². The molecule has 2 unspecified atom stereocenters. The Hall–Kier alpha value is -2.34. The van der Waals surface area contributed by atoms with E-state index in [0.717, 1.165) is 12.0 Å². The molecule has 2 aromatic rings. The molecule has 1 aromatic heterocycles. The molecule has 0 spiro atoms. The van der Waals surface area contributed by atoms with Crippen LogP contribution < -0.4 is 4.74 Å². The Balaban J connectivity index is 1.23. The Bertz CT molecular complexity index is 813. The Morgan fingerprint density at radius 1 is 1.11 bits per heavy atom. The van der Waals surface area contributed by atoms with Gasteiger partial charge in [0.25, 0.3) is 5.91 Å². The minimum absolute atomic E-state index is 0.0218. The van der Waals surface area contributed by atoms with Crippen molar-refractivity contribution < 1.29 is 14.3 Å².